The van der Waals surface area contributed by atoms with Crippen LogP contribution >= 0.6 is 0 Å². The number of hydrogen-bond donors (Lipinski definition) is 1. The van der Waals surface area contributed by atoms with Crippen LogP contribution in [0.4, 0.5) is 0 Å². The highest BCUT2D eigenvalue weighted by Gasteiger charge is 2.12. The average Bonchev–Trinajstić information content (AvgIpc) is 2.65. The first-order valence-electron chi connectivity index (χ1n) is 7.46. The number of nitrogens with zero attached hydrogens (tertiary/aromatic N) is 1. The van der Waals surface area contributed by atoms with Gasteiger partial charge in [-0.1, -0.05) is 34.6 Å². The van der Waals surface area contributed by atoms with E-state index in [0.29, 0.717) is 12.0 Å². The zero-order valence-electron chi connectivity index (χ0n) is 13.4. The van der Waals surface area contributed by atoms with Gasteiger partial charge in [0.15, 0.2) is 0 Å². The minimum absolute atomic E-state index is 0.505. The van der Waals surface area contributed by atoms with E-state index in [1.807, 2.05) is 0 Å². The predicted molar refractivity (Wildman–Crippen MR) is 81.2 cm³/mol. The fourth-order valence-corrected chi connectivity index (χ4v) is 2.20. The van der Waals surface area contributed by atoms with Crippen molar-refractivity contribution in [2.24, 2.45) is 5.92 Å². The second-order valence-electron chi connectivity index (χ2n) is 6.05. The van der Waals surface area contributed by atoms with Crippen LogP contribution in [-0.2, 0) is 13.1 Å². The van der Waals surface area contributed by atoms with Crippen molar-refractivity contribution in [1.29, 1.82) is 0 Å². The molecule has 3 nitrogen and oxygen atoms in total. The molecule has 0 amide bonds. The summed E-state index contributed by atoms with van der Waals surface area (Å²) < 4.78 is 5.88. The lowest BCUT2D eigenvalue weighted by molar-refractivity contribution is 0.228. The van der Waals surface area contributed by atoms with E-state index in [4.69, 9.17) is 4.42 Å². The minimum Gasteiger partial charge on any atom is -0.465 e. The Bertz CT molecular complexity index is 369. The van der Waals surface area contributed by atoms with Gasteiger partial charge in [-0.25, -0.2) is 0 Å². The molecule has 110 valence electrons. The third-order valence-electron chi connectivity index (χ3n) is 3.22. The second-order valence-corrected chi connectivity index (χ2v) is 6.05. The van der Waals surface area contributed by atoms with Gasteiger partial charge in [0.2, 0.25) is 0 Å². The molecule has 0 saturated carbocycles. The van der Waals surface area contributed by atoms with Crippen molar-refractivity contribution in [3.63, 3.8) is 0 Å². The van der Waals surface area contributed by atoms with Crippen molar-refractivity contribution in [2.75, 3.05) is 13.1 Å². The van der Waals surface area contributed by atoms with Crippen molar-refractivity contribution >= 4 is 0 Å². The molecule has 0 spiro atoms. The van der Waals surface area contributed by atoms with E-state index in [0.717, 1.165) is 37.7 Å². The van der Waals surface area contributed by atoms with E-state index in [2.05, 4.69) is 57.8 Å². The van der Waals surface area contributed by atoms with Crippen molar-refractivity contribution in [3.05, 3.63) is 23.2 Å². The molecule has 1 heterocycles. The maximum absolute atomic E-state index is 5.88. The van der Waals surface area contributed by atoms with Gasteiger partial charge in [0.1, 0.15) is 11.5 Å². The lowest BCUT2D eigenvalue weighted by Gasteiger charge is -2.21. The third-order valence-corrected chi connectivity index (χ3v) is 3.22. The van der Waals surface area contributed by atoms with Crippen LogP contribution in [0.1, 0.15) is 51.7 Å². The normalized spacial score (nSPS) is 12.1. The fraction of sp³-hybridized carbons (Fsp3) is 0.750. The summed E-state index contributed by atoms with van der Waals surface area (Å²) in [5.41, 5.74) is 1.28. The van der Waals surface area contributed by atoms with Crippen LogP contribution in [0.15, 0.2) is 10.5 Å². The number of furan rings is 1. The summed E-state index contributed by atoms with van der Waals surface area (Å²) in [5, 5.41) is 3.44. The topological polar surface area (TPSA) is 28.4 Å². The molecular weight excluding hydrogens is 236 g/mol. The number of hydrogen-bond acceptors (Lipinski definition) is 3. The van der Waals surface area contributed by atoms with Crippen LogP contribution in [0.2, 0.25) is 0 Å². The Balaban J connectivity index is 2.61. The van der Waals surface area contributed by atoms with Crippen LogP contribution in [0.25, 0.3) is 0 Å². The van der Waals surface area contributed by atoms with Gasteiger partial charge in [0.05, 0.1) is 6.54 Å². The van der Waals surface area contributed by atoms with E-state index in [-0.39, 0.29) is 0 Å². The monoisotopic (exact) mass is 266 g/mol. The molecule has 1 aromatic heterocycles. The summed E-state index contributed by atoms with van der Waals surface area (Å²) in [6.45, 7) is 17.1. The van der Waals surface area contributed by atoms with E-state index < -0.39 is 0 Å². The van der Waals surface area contributed by atoms with Crippen molar-refractivity contribution in [2.45, 2.75) is 60.7 Å². The van der Waals surface area contributed by atoms with Gasteiger partial charge in [0, 0.05) is 24.7 Å². The molecule has 0 atom stereocenters. The summed E-state index contributed by atoms with van der Waals surface area (Å²) in [7, 11) is 0. The molecule has 1 N–H and O–H groups in total. The molecule has 1 aromatic rings. The van der Waals surface area contributed by atoms with Gasteiger partial charge in [0.25, 0.3) is 0 Å². The average molecular weight is 266 g/mol. The molecule has 0 aliphatic heterocycles. The molecule has 1 rings (SSSR count). The molecule has 0 bridgehead atoms. The maximum Gasteiger partial charge on any atom is 0.118 e. The van der Waals surface area contributed by atoms with Crippen molar-refractivity contribution in [1.82, 2.24) is 10.2 Å². The first kappa shape index (κ1) is 16.3. The lowest BCUT2D eigenvalue weighted by Crippen LogP contribution is -2.26. The Kier molecular flexibility index (Phi) is 6.59. The molecular formula is C16H30N2O. The molecule has 0 unspecified atom stereocenters. The summed E-state index contributed by atoms with van der Waals surface area (Å²) in [6, 6.07) is 2.71. The molecule has 0 aliphatic rings. The Morgan fingerprint density at radius 1 is 1.26 bits per heavy atom. The molecule has 0 radical (unpaired) electrons. The van der Waals surface area contributed by atoms with Crippen LogP contribution in [0.5, 0.6) is 0 Å². The highest BCUT2D eigenvalue weighted by atomic mass is 16.3. The molecule has 0 fully saturated rings. The van der Waals surface area contributed by atoms with E-state index in [1.54, 1.807) is 0 Å². The maximum atomic E-state index is 5.88. The summed E-state index contributed by atoms with van der Waals surface area (Å²) in [5.74, 6) is 2.82. The van der Waals surface area contributed by atoms with Gasteiger partial charge in [-0.05, 0) is 25.5 Å². The summed E-state index contributed by atoms with van der Waals surface area (Å²) in [4.78, 5) is 2.43. The number of aryl methyl sites for hydroxylation is 1. The zero-order valence-corrected chi connectivity index (χ0v) is 13.4. The Morgan fingerprint density at radius 2 is 1.95 bits per heavy atom. The smallest absolute Gasteiger partial charge is 0.118 e. The van der Waals surface area contributed by atoms with Crippen LogP contribution < -0.4 is 5.32 Å². The van der Waals surface area contributed by atoms with Gasteiger partial charge >= 0.3 is 0 Å². The quantitative estimate of drug-likeness (QED) is 0.780. The largest absolute Gasteiger partial charge is 0.465 e. The Hall–Kier alpha value is -0.800. The SMILES string of the molecule is CCN(Cc1cc(CNC(C)C)c(C)o1)CC(C)C. The van der Waals surface area contributed by atoms with Gasteiger partial charge in [-0.15, -0.1) is 0 Å². The lowest BCUT2D eigenvalue weighted by atomic mass is 10.2. The first-order valence-corrected chi connectivity index (χ1v) is 7.46. The van der Waals surface area contributed by atoms with E-state index in [1.165, 1.54) is 5.56 Å². The second kappa shape index (κ2) is 7.71. The highest BCUT2D eigenvalue weighted by molar-refractivity contribution is 5.20. The number of rotatable bonds is 8. The van der Waals surface area contributed by atoms with Crippen LogP contribution in [0, 0.1) is 12.8 Å². The Labute approximate surface area is 118 Å². The van der Waals surface area contributed by atoms with Gasteiger partial charge in [-0.3, -0.25) is 4.90 Å². The highest BCUT2D eigenvalue weighted by Crippen LogP contribution is 2.17. The van der Waals surface area contributed by atoms with Gasteiger partial charge in [-0.2, -0.15) is 0 Å². The molecule has 0 saturated heterocycles. The fourth-order valence-electron chi connectivity index (χ4n) is 2.20. The first-order chi connectivity index (χ1) is 8.92. The number of nitrogens with one attached hydrogen (secondary N) is 1. The molecule has 0 aliphatic carbocycles. The minimum atomic E-state index is 0.505. The van der Waals surface area contributed by atoms with Gasteiger partial charge < -0.3 is 9.73 Å². The van der Waals surface area contributed by atoms with E-state index in [9.17, 15) is 0 Å². The molecule has 0 aromatic carbocycles. The third kappa shape index (κ3) is 5.79. The zero-order chi connectivity index (χ0) is 14.4. The van der Waals surface area contributed by atoms with Crippen LogP contribution in [-0.4, -0.2) is 24.0 Å². The van der Waals surface area contributed by atoms with Crippen LogP contribution in [0.3, 0.4) is 0 Å². The molecule has 19 heavy (non-hydrogen) atoms. The summed E-state index contributed by atoms with van der Waals surface area (Å²) in [6.07, 6.45) is 0. The predicted octanol–water partition coefficient (Wildman–Crippen LogP) is 3.56. The Morgan fingerprint density at radius 3 is 2.47 bits per heavy atom. The van der Waals surface area contributed by atoms with Crippen molar-refractivity contribution in [3.8, 4) is 0 Å². The van der Waals surface area contributed by atoms with E-state index >= 15 is 0 Å². The van der Waals surface area contributed by atoms with Crippen molar-refractivity contribution < 1.29 is 4.42 Å². The standard InChI is InChI=1S/C16H30N2O/c1-7-18(10-12(2)3)11-16-8-15(14(6)19-16)9-17-13(4)5/h8,12-13,17H,7,9-11H2,1-6H3. The molecule has 3 heteroatoms. The summed E-state index contributed by atoms with van der Waals surface area (Å²) >= 11 is 0.